The Bertz CT molecular complexity index is 976. The average molecular weight is 416 g/mol. The summed E-state index contributed by atoms with van der Waals surface area (Å²) in [7, 11) is 1.52. The highest BCUT2D eigenvalue weighted by Gasteiger charge is 2.28. The molecule has 2 amide bonds. The zero-order chi connectivity index (χ0) is 22.3. The molecule has 9 nitrogen and oxygen atoms in total. The Morgan fingerprint density at radius 1 is 1.13 bits per heavy atom. The van der Waals surface area contributed by atoms with Crippen LogP contribution in [0.25, 0.3) is 6.08 Å². The van der Waals surface area contributed by atoms with Crippen LogP contribution in [-0.2, 0) is 9.53 Å². The fraction of sp³-hybridized carbons (Fsp3) is 0.286. The molecule has 0 aliphatic heterocycles. The van der Waals surface area contributed by atoms with Gasteiger partial charge < -0.3 is 24.4 Å². The SMILES string of the molecule is CCOC(=O)c1c(C)oc(NC(=O)/C=C/c2ccc(OCC)c(OC)c2)c1C(N)=O. The van der Waals surface area contributed by atoms with E-state index in [2.05, 4.69) is 5.32 Å². The van der Waals surface area contributed by atoms with Crippen LogP contribution in [0, 0.1) is 6.92 Å². The largest absolute Gasteiger partial charge is 0.493 e. The quantitative estimate of drug-likeness (QED) is 0.475. The van der Waals surface area contributed by atoms with Crippen LogP contribution in [0.2, 0.25) is 0 Å². The van der Waals surface area contributed by atoms with Gasteiger partial charge in [-0.25, -0.2) is 4.79 Å². The van der Waals surface area contributed by atoms with Crippen molar-refractivity contribution in [3.63, 3.8) is 0 Å². The second-order valence-corrected chi connectivity index (χ2v) is 5.99. The Morgan fingerprint density at radius 3 is 2.47 bits per heavy atom. The third kappa shape index (κ3) is 5.19. The monoisotopic (exact) mass is 416 g/mol. The Morgan fingerprint density at radius 2 is 1.87 bits per heavy atom. The van der Waals surface area contributed by atoms with Gasteiger partial charge in [-0.2, -0.15) is 0 Å². The van der Waals surface area contributed by atoms with Gasteiger partial charge in [0.2, 0.25) is 5.88 Å². The van der Waals surface area contributed by atoms with Crippen molar-refractivity contribution < 1.29 is 33.0 Å². The molecule has 0 radical (unpaired) electrons. The maximum atomic E-state index is 12.3. The first-order valence-corrected chi connectivity index (χ1v) is 9.22. The van der Waals surface area contributed by atoms with Crippen molar-refractivity contribution in [2.45, 2.75) is 20.8 Å². The molecule has 0 saturated heterocycles. The molecule has 30 heavy (non-hydrogen) atoms. The molecule has 3 N–H and O–H groups in total. The molecule has 9 heteroatoms. The van der Waals surface area contributed by atoms with Crippen LogP contribution in [0.3, 0.4) is 0 Å². The fourth-order valence-corrected chi connectivity index (χ4v) is 2.70. The fourth-order valence-electron chi connectivity index (χ4n) is 2.70. The first-order chi connectivity index (χ1) is 14.3. The summed E-state index contributed by atoms with van der Waals surface area (Å²) in [5.41, 5.74) is 5.70. The third-order valence-corrected chi connectivity index (χ3v) is 3.96. The van der Waals surface area contributed by atoms with Gasteiger partial charge in [0.05, 0.1) is 20.3 Å². The van der Waals surface area contributed by atoms with Gasteiger partial charge in [0.15, 0.2) is 11.5 Å². The van der Waals surface area contributed by atoms with Gasteiger partial charge in [-0.15, -0.1) is 0 Å². The van der Waals surface area contributed by atoms with Crippen LogP contribution >= 0.6 is 0 Å². The van der Waals surface area contributed by atoms with Crippen molar-refractivity contribution >= 4 is 29.7 Å². The number of furan rings is 1. The van der Waals surface area contributed by atoms with E-state index in [1.54, 1.807) is 31.2 Å². The average Bonchev–Trinajstić information content (AvgIpc) is 3.03. The number of primary amides is 1. The van der Waals surface area contributed by atoms with E-state index in [1.165, 1.54) is 20.1 Å². The predicted molar refractivity (Wildman–Crippen MR) is 110 cm³/mol. The van der Waals surface area contributed by atoms with Gasteiger partial charge in [0, 0.05) is 6.08 Å². The molecule has 0 atom stereocenters. The number of carbonyl (C=O) groups is 3. The van der Waals surface area contributed by atoms with Crippen LogP contribution in [0.1, 0.15) is 45.9 Å². The van der Waals surface area contributed by atoms with E-state index < -0.39 is 17.8 Å². The topological polar surface area (TPSA) is 130 Å². The maximum Gasteiger partial charge on any atom is 0.342 e. The summed E-state index contributed by atoms with van der Waals surface area (Å²) in [4.78, 5) is 36.3. The first-order valence-electron chi connectivity index (χ1n) is 9.22. The van der Waals surface area contributed by atoms with Gasteiger partial charge in [-0.05, 0) is 44.5 Å². The van der Waals surface area contributed by atoms with Crippen molar-refractivity contribution in [1.82, 2.24) is 0 Å². The number of nitrogens with two attached hydrogens (primary N) is 1. The molecule has 160 valence electrons. The summed E-state index contributed by atoms with van der Waals surface area (Å²) in [6, 6.07) is 5.19. The van der Waals surface area contributed by atoms with Crippen LogP contribution in [0.5, 0.6) is 11.5 Å². The number of hydrogen-bond donors (Lipinski definition) is 2. The lowest BCUT2D eigenvalue weighted by atomic mass is 10.1. The van der Waals surface area contributed by atoms with E-state index in [9.17, 15) is 14.4 Å². The normalized spacial score (nSPS) is 10.7. The Balaban J connectivity index is 2.23. The molecule has 0 bridgehead atoms. The number of hydrogen-bond acceptors (Lipinski definition) is 7. The molecule has 0 spiro atoms. The molecule has 0 saturated carbocycles. The number of aryl methyl sites for hydroxylation is 1. The highest BCUT2D eigenvalue weighted by molar-refractivity contribution is 6.12. The summed E-state index contributed by atoms with van der Waals surface area (Å²) in [6.07, 6.45) is 2.78. The second kappa shape index (κ2) is 10.1. The molecule has 1 aromatic heterocycles. The highest BCUT2D eigenvalue weighted by atomic mass is 16.5. The lowest BCUT2D eigenvalue weighted by molar-refractivity contribution is -0.111. The zero-order valence-corrected chi connectivity index (χ0v) is 17.2. The number of benzene rings is 1. The van der Waals surface area contributed by atoms with Crippen molar-refractivity contribution in [3.05, 3.63) is 46.7 Å². The summed E-state index contributed by atoms with van der Waals surface area (Å²) in [5, 5.41) is 2.42. The third-order valence-electron chi connectivity index (χ3n) is 3.96. The van der Waals surface area contributed by atoms with Crippen LogP contribution in [0.15, 0.2) is 28.7 Å². The van der Waals surface area contributed by atoms with Gasteiger partial charge in [0.1, 0.15) is 16.9 Å². The number of methoxy groups -OCH3 is 1. The van der Waals surface area contributed by atoms with Gasteiger partial charge in [-0.1, -0.05) is 6.07 Å². The van der Waals surface area contributed by atoms with Gasteiger partial charge in [0.25, 0.3) is 11.8 Å². The van der Waals surface area contributed by atoms with E-state index >= 15 is 0 Å². The smallest absolute Gasteiger partial charge is 0.342 e. The van der Waals surface area contributed by atoms with Crippen molar-refractivity contribution in [1.29, 1.82) is 0 Å². The molecule has 2 aromatic rings. The Labute approximate surface area is 173 Å². The summed E-state index contributed by atoms with van der Waals surface area (Å²) in [5.74, 6) is -1.27. The lowest BCUT2D eigenvalue weighted by Crippen LogP contribution is -2.19. The minimum absolute atomic E-state index is 0.109. The number of amides is 2. The van der Waals surface area contributed by atoms with Gasteiger partial charge in [-0.3, -0.25) is 14.9 Å². The summed E-state index contributed by atoms with van der Waals surface area (Å²) < 4.78 is 21.0. The first kappa shape index (κ1) is 22.5. The number of ether oxygens (including phenoxy) is 3. The maximum absolute atomic E-state index is 12.3. The Hall–Kier alpha value is -3.75. The molecule has 1 heterocycles. The minimum Gasteiger partial charge on any atom is -0.493 e. The van der Waals surface area contributed by atoms with E-state index in [-0.39, 0.29) is 29.4 Å². The number of anilines is 1. The highest BCUT2D eigenvalue weighted by Crippen LogP contribution is 2.29. The predicted octanol–water partition coefficient (Wildman–Crippen LogP) is 2.92. The van der Waals surface area contributed by atoms with Crippen LogP contribution < -0.4 is 20.5 Å². The standard InChI is InChI=1S/C21H24N2O7/c1-5-28-14-9-7-13(11-15(14)27-4)8-10-16(24)23-20-18(19(22)25)17(12(3)30-20)21(26)29-6-2/h7-11H,5-6H2,1-4H3,(H2,22,25)(H,23,24)/b10-8+. The van der Waals surface area contributed by atoms with Crippen molar-refractivity contribution in [2.24, 2.45) is 5.73 Å². The molecule has 0 aliphatic carbocycles. The molecule has 0 unspecified atom stereocenters. The number of carbonyl (C=O) groups excluding carboxylic acids is 3. The molecule has 0 fully saturated rings. The van der Waals surface area contributed by atoms with E-state index in [0.29, 0.717) is 23.7 Å². The van der Waals surface area contributed by atoms with Crippen molar-refractivity contribution in [2.75, 3.05) is 25.6 Å². The molecule has 0 aliphatic rings. The molecule has 1 aromatic carbocycles. The van der Waals surface area contributed by atoms with Gasteiger partial charge >= 0.3 is 5.97 Å². The second-order valence-electron chi connectivity index (χ2n) is 5.99. The minimum atomic E-state index is -0.926. The summed E-state index contributed by atoms with van der Waals surface area (Å²) in [6.45, 7) is 5.56. The Kier molecular flexibility index (Phi) is 7.62. The number of rotatable bonds is 9. The lowest BCUT2D eigenvalue weighted by Gasteiger charge is -2.09. The number of nitrogens with one attached hydrogen (secondary N) is 1. The van der Waals surface area contributed by atoms with Crippen molar-refractivity contribution in [3.8, 4) is 11.5 Å². The van der Waals surface area contributed by atoms with E-state index in [4.69, 9.17) is 24.4 Å². The zero-order valence-electron chi connectivity index (χ0n) is 17.2. The van der Waals surface area contributed by atoms with Crippen LogP contribution in [-0.4, -0.2) is 38.1 Å². The molecule has 2 rings (SSSR count). The van der Waals surface area contributed by atoms with E-state index in [0.717, 1.165) is 0 Å². The van der Waals surface area contributed by atoms with Crippen LogP contribution in [0.4, 0.5) is 5.88 Å². The number of esters is 1. The molecular weight excluding hydrogens is 392 g/mol. The van der Waals surface area contributed by atoms with E-state index in [1.807, 2.05) is 6.92 Å². The molecular formula is C21H24N2O7. The summed E-state index contributed by atoms with van der Waals surface area (Å²) >= 11 is 0.